The van der Waals surface area contributed by atoms with E-state index in [-0.39, 0.29) is 5.60 Å². The molecule has 0 amide bonds. The lowest BCUT2D eigenvalue weighted by Crippen LogP contribution is -2.47. The number of ether oxygens (including phenoxy) is 1. The fourth-order valence-corrected chi connectivity index (χ4v) is 3.17. The van der Waals surface area contributed by atoms with Crippen molar-refractivity contribution in [1.29, 1.82) is 0 Å². The van der Waals surface area contributed by atoms with E-state index < -0.39 is 0 Å². The molecule has 3 heteroatoms. The van der Waals surface area contributed by atoms with Gasteiger partial charge < -0.3 is 15.0 Å². The molecule has 0 saturated carbocycles. The summed E-state index contributed by atoms with van der Waals surface area (Å²) in [4.78, 5) is 2.48. The Kier molecular flexibility index (Phi) is 5.65. The standard InChI is InChI=1S/C18H30N2O/c1-5-10-19-13-16-7-8-17(15(2)12-16)20-11-6-9-18(3,14-20)21-4/h7-8,12,19H,5-6,9-11,13-14H2,1-4H3. The zero-order valence-corrected chi connectivity index (χ0v) is 14.0. The predicted octanol–water partition coefficient (Wildman–Crippen LogP) is 3.50. The highest BCUT2D eigenvalue weighted by molar-refractivity contribution is 5.55. The van der Waals surface area contributed by atoms with E-state index >= 15 is 0 Å². The molecule has 118 valence electrons. The number of benzene rings is 1. The van der Waals surface area contributed by atoms with Crippen LogP contribution in [0.1, 0.15) is 44.2 Å². The Morgan fingerprint density at radius 2 is 2.19 bits per heavy atom. The van der Waals surface area contributed by atoms with E-state index in [1.807, 2.05) is 7.11 Å². The lowest BCUT2D eigenvalue weighted by molar-refractivity contribution is -0.00467. The number of piperidine rings is 1. The van der Waals surface area contributed by atoms with Gasteiger partial charge in [0.1, 0.15) is 0 Å². The summed E-state index contributed by atoms with van der Waals surface area (Å²) < 4.78 is 5.71. The first kappa shape index (κ1) is 16.3. The zero-order valence-electron chi connectivity index (χ0n) is 14.0. The van der Waals surface area contributed by atoms with Crippen molar-refractivity contribution in [3.8, 4) is 0 Å². The quantitative estimate of drug-likeness (QED) is 0.812. The summed E-state index contributed by atoms with van der Waals surface area (Å²) in [5.74, 6) is 0. The van der Waals surface area contributed by atoms with Crippen LogP contribution in [0, 0.1) is 6.92 Å². The molecule has 1 fully saturated rings. The predicted molar refractivity (Wildman–Crippen MR) is 90.0 cm³/mol. The van der Waals surface area contributed by atoms with Crippen molar-refractivity contribution in [2.24, 2.45) is 0 Å². The second kappa shape index (κ2) is 7.28. The van der Waals surface area contributed by atoms with Crippen molar-refractivity contribution in [2.75, 3.05) is 31.6 Å². The van der Waals surface area contributed by atoms with Gasteiger partial charge in [0.05, 0.1) is 5.60 Å². The number of rotatable bonds is 6. The maximum Gasteiger partial charge on any atom is 0.0825 e. The summed E-state index contributed by atoms with van der Waals surface area (Å²) in [5.41, 5.74) is 4.09. The molecule has 0 radical (unpaired) electrons. The van der Waals surface area contributed by atoms with E-state index in [9.17, 15) is 0 Å². The summed E-state index contributed by atoms with van der Waals surface area (Å²) in [6, 6.07) is 6.85. The number of anilines is 1. The molecule has 0 aliphatic carbocycles. The molecule has 1 saturated heterocycles. The molecule has 1 unspecified atom stereocenters. The summed E-state index contributed by atoms with van der Waals surface area (Å²) in [6.07, 6.45) is 3.53. The van der Waals surface area contributed by atoms with Crippen molar-refractivity contribution in [2.45, 2.75) is 52.2 Å². The van der Waals surface area contributed by atoms with Crippen molar-refractivity contribution >= 4 is 5.69 Å². The average Bonchev–Trinajstić information content (AvgIpc) is 2.48. The second-order valence-electron chi connectivity index (χ2n) is 6.48. The highest BCUT2D eigenvalue weighted by Gasteiger charge is 2.31. The molecule has 21 heavy (non-hydrogen) atoms. The zero-order chi connectivity index (χ0) is 15.3. The van der Waals surface area contributed by atoms with Crippen LogP contribution < -0.4 is 10.2 Å². The number of nitrogens with zero attached hydrogens (tertiary/aromatic N) is 1. The van der Waals surface area contributed by atoms with Crippen LogP contribution in [-0.4, -0.2) is 32.3 Å². The molecule has 3 nitrogen and oxygen atoms in total. The van der Waals surface area contributed by atoms with Gasteiger partial charge in [-0.2, -0.15) is 0 Å². The molecule has 1 aliphatic rings. The van der Waals surface area contributed by atoms with Crippen molar-refractivity contribution in [1.82, 2.24) is 5.32 Å². The van der Waals surface area contributed by atoms with Crippen molar-refractivity contribution < 1.29 is 4.74 Å². The van der Waals surface area contributed by atoms with Gasteiger partial charge in [0, 0.05) is 32.4 Å². The molecule has 1 heterocycles. The molecule has 2 rings (SSSR count). The Morgan fingerprint density at radius 3 is 2.86 bits per heavy atom. The van der Waals surface area contributed by atoms with Crippen LogP contribution in [-0.2, 0) is 11.3 Å². The fraction of sp³-hybridized carbons (Fsp3) is 0.667. The molecule has 1 aromatic rings. The van der Waals surface area contributed by atoms with Crippen LogP contribution >= 0.6 is 0 Å². The van der Waals surface area contributed by atoms with Crippen LogP contribution in [0.3, 0.4) is 0 Å². The maximum atomic E-state index is 5.71. The number of hydrogen-bond acceptors (Lipinski definition) is 3. The number of methoxy groups -OCH3 is 1. The molecule has 1 N–H and O–H groups in total. The van der Waals surface area contributed by atoms with Gasteiger partial charge in [0.2, 0.25) is 0 Å². The third kappa shape index (κ3) is 4.21. The molecule has 0 spiro atoms. The third-order valence-electron chi connectivity index (χ3n) is 4.51. The van der Waals surface area contributed by atoms with E-state index in [1.54, 1.807) is 0 Å². The van der Waals surface area contributed by atoms with Gasteiger partial charge in [-0.05, 0) is 56.8 Å². The van der Waals surface area contributed by atoms with E-state index in [0.717, 1.165) is 32.6 Å². The topological polar surface area (TPSA) is 24.5 Å². The van der Waals surface area contributed by atoms with E-state index in [1.165, 1.54) is 29.7 Å². The normalized spacial score (nSPS) is 22.6. The van der Waals surface area contributed by atoms with Crippen LogP contribution in [0.15, 0.2) is 18.2 Å². The van der Waals surface area contributed by atoms with Crippen LogP contribution in [0.2, 0.25) is 0 Å². The summed E-state index contributed by atoms with van der Waals surface area (Å²) in [7, 11) is 1.83. The first-order chi connectivity index (χ1) is 10.1. The van der Waals surface area contributed by atoms with E-state index in [4.69, 9.17) is 4.74 Å². The maximum absolute atomic E-state index is 5.71. The Bertz CT molecular complexity index is 461. The summed E-state index contributed by atoms with van der Waals surface area (Å²) >= 11 is 0. The fourth-order valence-electron chi connectivity index (χ4n) is 3.17. The van der Waals surface area contributed by atoms with Gasteiger partial charge in [0.25, 0.3) is 0 Å². The van der Waals surface area contributed by atoms with Gasteiger partial charge in [-0.15, -0.1) is 0 Å². The average molecular weight is 290 g/mol. The monoisotopic (exact) mass is 290 g/mol. The first-order valence-electron chi connectivity index (χ1n) is 8.18. The Hall–Kier alpha value is -1.06. The summed E-state index contributed by atoms with van der Waals surface area (Å²) in [5, 5.41) is 3.47. The van der Waals surface area contributed by atoms with Crippen LogP contribution in [0.25, 0.3) is 0 Å². The molecule has 1 atom stereocenters. The third-order valence-corrected chi connectivity index (χ3v) is 4.51. The minimum Gasteiger partial charge on any atom is -0.377 e. The Labute approximate surface area is 129 Å². The number of aryl methyl sites for hydroxylation is 1. The Morgan fingerprint density at radius 1 is 1.38 bits per heavy atom. The lowest BCUT2D eigenvalue weighted by Gasteiger charge is -2.41. The smallest absolute Gasteiger partial charge is 0.0825 e. The van der Waals surface area contributed by atoms with Crippen LogP contribution in [0.5, 0.6) is 0 Å². The summed E-state index contributed by atoms with van der Waals surface area (Å²) in [6.45, 7) is 10.8. The number of hydrogen-bond donors (Lipinski definition) is 1. The molecule has 0 bridgehead atoms. The van der Waals surface area contributed by atoms with Crippen LogP contribution in [0.4, 0.5) is 5.69 Å². The second-order valence-corrected chi connectivity index (χ2v) is 6.48. The Balaban J connectivity index is 2.06. The molecular weight excluding hydrogens is 260 g/mol. The van der Waals surface area contributed by atoms with Gasteiger partial charge in [0.15, 0.2) is 0 Å². The number of nitrogens with one attached hydrogen (secondary N) is 1. The van der Waals surface area contributed by atoms with E-state index in [0.29, 0.717) is 0 Å². The highest BCUT2D eigenvalue weighted by Crippen LogP contribution is 2.30. The molecule has 1 aliphatic heterocycles. The molecule has 0 aromatic heterocycles. The highest BCUT2D eigenvalue weighted by atomic mass is 16.5. The molecular formula is C18H30N2O. The largest absolute Gasteiger partial charge is 0.377 e. The first-order valence-corrected chi connectivity index (χ1v) is 8.18. The molecule has 1 aromatic carbocycles. The SMILES string of the molecule is CCCNCc1ccc(N2CCCC(C)(OC)C2)c(C)c1. The van der Waals surface area contributed by atoms with Gasteiger partial charge in [-0.25, -0.2) is 0 Å². The van der Waals surface area contributed by atoms with E-state index in [2.05, 4.69) is 49.2 Å². The van der Waals surface area contributed by atoms with Crippen molar-refractivity contribution in [3.63, 3.8) is 0 Å². The minimum atomic E-state index is -0.00789. The van der Waals surface area contributed by atoms with Gasteiger partial charge in [-0.1, -0.05) is 19.1 Å². The van der Waals surface area contributed by atoms with Gasteiger partial charge >= 0.3 is 0 Å². The lowest BCUT2D eigenvalue weighted by atomic mass is 9.93. The van der Waals surface area contributed by atoms with Gasteiger partial charge in [-0.3, -0.25) is 0 Å². The van der Waals surface area contributed by atoms with Crippen molar-refractivity contribution in [3.05, 3.63) is 29.3 Å². The minimum absolute atomic E-state index is 0.00789.